The fraction of sp³-hybridized carbons (Fsp3) is 0.381. The average molecular weight is 401 g/mol. The lowest BCUT2D eigenvalue weighted by molar-refractivity contribution is -0.136. The molecule has 0 radical (unpaired) electrons. The van der Waals surface area contributed by atoms with Crippen LogP contribution in [0, 0.1) is 5.92 Å². The number of piperidine rings is 1. The molecule has 0 aromatic heterocycles. The Morgan fingerprint density at radius 1 is 1.25 bits per heavy atom. The highest BCUT2D eigenvalue weighted by Gasteiger charge is 2.37. The van der Waals surface area contributed by atoms with Crippen LogP contribution in [0.2, 0.25) is 0 Å². The third-order valence-electron chi connectivity index (χ3n) is 4.85. The Balaban J connectivity index is 1.63. The standard InChI is InChI=1S/C21H24N2O4S/c1-3-12-27-17-6-4-16(5-7-17)13-18-20(25)23(21(26)28-18)14-19(24)22-10-8-15(2)9-11-22/h3-7,13,15H,1,8-12,14H2,2H3/b18-13+. The first-order valence-electron chi connectivity index (χ1n) is 9.35. The second-order valence-electron chi connectivity index (χ2n) is 7.00. The van der Waals surface area contributed by atoms with Gasteiger partial charge in [-0.2, -0.15) is 0 Å². The van der Waals surface area contributed by atoms with Crippen molar-refractivity contribution in [2.45, 2.75) is 19.8 Å². The van der Waals surface area contributed by atoms with Gasteiger partial charge in [0.25, 0.3) is 11.1 Å². The Morgan fingerprint density at radius 3 is 2.57 bits per heavy atom. The number of ether oxygens (including phenoxy) is 1. The molecule has 2 aliphatic heterocycles. The van der Waals surface area contributed by atoms with Crippen LogP contribution in [0.3, 0.4) is 0 Å². The lowest BCUT2D eigenvalue weighted by atomic mass is 9.99. The number of amides is 3. The summed E-state index contributed by atoms with van der Waals surface area (Å²) in [7, 11) is 0. The quantitative estimate of drug-likeness (QED) is 0.540. The van der Waals surface area contributed by atoms with E-state index in [0.29, 0.717) is 36.3 Å². The third-order valence-corrected chi connectivity index (χ3v) is 5.76. The number of rotatable bonds is 6. The molecule has 3 amide bonds. The fourth-order valence-electron chi connectivity index (χ4n) is 3.10. The van der Waals surface area contributed by atoms with Crippen LogP contribution in [0.1, 0.15) is 25.3 Å². The van der Waals surface area contributed by atoms with Crippen molar-refractivity contribution in [3.63, 3.8) is 0 Å². The summed E-state index contributed by atoms with van der Waals surface area (Å²) in [6.45, 7) is 7.37. The Hall–Kier alpha value is -2.54. The van der Waals surface area contributed by atoms with Crippen LogP contribution in [-0.4, -0.2) is 53.1 Å². The number of carbonyl (C=O) groups excluding carboxylic acids is 3. The molecule has 0 aliphatic carbocycles. The minimum Gasteiger partial charge on any atom is -0.490 e. The molecule has 28 heavy (non-hydrogen) atoms. The molecule has 2 saturated heterocycles. The van der Waals surface area contributed by atoms with Crippen LogP contribution in [0.5, 0.6) is 5.75 Å². The zero-order valence-electron chi connectivity index (χ0n) is 15.9. The number of imide groups is 1. The van der Waals surface area contributed by atoms with E-state index in [0.717, 1.165) is 35.1 Å². The second kappa shape index (κ2) is 9.10. The van der Waals surface area contributed by atoms with E-state index in [2.05, 4.69) is 13.5 Å². The van der Waals surface area contributed by atoms with E-state index in [9.17, 15) is 14.4 Å². The first-order valence-corrected chi connectivity index (χ1v) is 10.2. The topological polar surface area (TPSA) is 66.9 Å². The summed E-state index contributed by atoms with van der Waals surface area (Å²) in [5, 5.41) is -0.402. The number of carbonyl (C=O) groups is 3. The van der Waals surface area contributed by atoms with Gasteiger partial charge in [-0.25, -0.2) is 0 Å². The number of thioether (sulfide) groups is 1. The molecule has 6 nitrogen and oxygen atoms in total. The molecule has 7 heteroatoms. The van der Waals surface area contributed by atoms with Crippen molar-refractivity contribution in [2.24, 2.45) is 5.92 Å². The molecule has 2 fully saturated rings. The van der Waals surface area contributed by atoms with Gasteiger partial charge in [-0.05, 0) is 54.3 Å². The molecule has 148 valence electrons. The van der Waals surface area contributed by atoms with E-state index in [1.54, 1.807) is 29.2 Å². The van der Waals surface area contributed by atoms with Gasteiger partial charge >= 0.3 is 0 Å². The Kier molecular flexibility index (Phi) is 6.57. The van der Waals surface area contributed by atoms with Gasteiger partial charge in [0.15, 0.2) is 0 Å². The molecule has 2 heterocycles. The summed E-state index contributed by atoms with van der Waals surface area (Å²) in [5.74, 6) is 0.726. The Morgan fingerprint density at radius 2 is 1.93 bits per heavy atom. The Labute approximate surface area is 169 Å². The predicted molar refractivity (Wildman–Crippen MR) is 110 cm³/mol. The summed E-state index contributed by atoms with van der Waals surface area (Å²) < 4.78 is 5.43. The van der Waals surface area contributed by atoms with Gasteiger partial charge in [0, 0.05) is 13.1 Å². The number of hydrogen-bond acceptors (Lipinski definition) is 5. The Bertz CT molecular complexity index is 795. The minimum absolute atomic E-state index is 0.167. The van der Waals surface area contributed by atoms with Crippen LogP contribution in [0.25, 0.3) is 6.08 Å². The summed E-state index contributed by atoms with van der Waals surface area (Å²) in [6, 6.07) is 7.21. The summed E-state index contributed by atoms with van der Waals surface area (Å²) in [4.78, 5) is 40.4. The maximum atomic E-state index is 12.6. The van der Waals surface area contributed by atoms with E-state index >= 15 is 0 Å². The van der Waals surface area contributed by atoms with Crippen molar-refractivity contribution in [1.82, 2.24) is 9.80 Å². The first kappa shape index (κ1) is 20.2. The van der Waals surface area contributed by atoms with Crippen molar-refractivity contribution < 1.29 is 19.1 Å². The molecule has 0 N–H and O–H groups in total. The predicted octanol–water partition coefficient (Wildman–Crippen LogP) is 3.55. The zero-order chi connectivity index (χ0) is 20.1. The average Bonchev–Trinajstić information content (AvgIpc) is 2.95. The van der Waals surface area contributed by atoms with E-state index < -0.39 is 11.1 Å². The monoisotopic (exact) mass is 400 g/mol. The smallest absolute Gasteiger partial charge is 0.294 e. The van der Waals surface area contributed by atoms with Gasteiger partial charge in [-0.1, -0.05) is 31.7 Å². The lowest BCUT2D eigenvalue weighted by Gasteiger charge is -2.31. The number of hydrogen-bond donors (Lipinski definition) is 0. The molecule has 3 rings (SSSR count). The van der Waals surface area contributed by atoms with Gasteiger partial charge in [-0.3, -0.25) is 19.3 Å². The highest BCUT2D eigenvalue weighted by Crippen LogP contribution is 2.32. The molecule has 0 saturated carbocycles. The maximum absolute atomic E-state index is 12.6. The largest absolute Gasteiger partial charge is 0.490 e. The molecule has 1 aromatic carbocycles. The zero-order valence-corrected chi connectivity index (χ0v) is 16.7. The van der Waals surface area contributed by atoms with Gasteiger partial charge < -0.3 is 9.64 Å². The highest BCUT2D eigenvalue weighted by atomic mass is 32.2. The van der Waals surface area contributed by atoms with Crippen molar-refractivity contribution in [3.8, 4) is 5.75 Å². The molecular formula is C21H24N2O4S. The summed E-state index contributed by atoms with van der Waals surface area (Å²) in [6.07, 6.45) is 5.24. The highest BCUT2D eigenvalue weighted by molar-refractivity contribution is 8.18. The first-order chi connectivity index (χ1) is 13.5. The molecule has 2 aliphatic rings. The SMILES string of the molecule is C=CCOc1ccc(/C=C2/SC(=O)N(CC(=O)N3CCC(C)CC3)C2=O)cc1. The number of nitrogens with zero attached hydrogens (tertiary/aromatic N) is 2. The van der Waals surface area contributed by atoms with Crippen LogP contribution in [-0.2, 0) is 9.59 Å². The second-order valence-corrected chi connectivity index (χ2v) is 7.99. The van der Waals surface area contributed by atoms with Crippen molar-refractivity contribution in [2.75, 3.05) is 26.2 Å². The molecule has 0 atom stereocenters. The van der Waals surface area contributed by atoms with Gasteiger partial charge in [-0.15, -0.1) is 0 Å². The van der Waals surface area contributed by atoms with E-state index in [-0.39, 0.29) is 12.5 Å². The third kappa shape index (κ3) is 4.84. The van der Waals surface area contributed by atoms with Crippen LogP contribution >= 0.6 is 11.8 Å². The van der Waals surface area contributed by atoms with E-state index in [1.807, 2.05) is 12.1 Å². The molecule has 0 bridgehead atoms. The molecular weight excluding hydrogens is 376 g/mol. The minimum atomic E-state index is -0.416. The molecule has 0 unspecified atom stereocenters. The molecule has 1 aromatic rings. The lowest BCUT2D eigenvalue weighted by Crippen LogP contribution is -2.45. The maximum Gasteiger partial charge on any atom is 0.294 e. The van der Waals surface area contributed by atoms with Crippen molar-refractivity contribution in [3.05, 3.63) is 47.4 Å². The number of likely N-dealkylation sites (tertiary alicyclic amines) is 1. The van der Waals surface area contributed by atoms with Gasteiger partial charge in [0.05, 0.1) is 4.91 Å². The number of benzene rings is 1. The summed E-state index contributed by atoms with van der Waals surface area (Å²) in [5.41, 5.74) is 0.785. The van der Waals surface area contributed by atoms with Gasteiger partial charge in [0.1, 0.15) is 18.9 Å². The fourth-order valence-corrected chi connectivity index (χ4v) is 3.93. The van der Waals surface area contributed by atoms with Crippen molar-refractivity contribution >= 4 is 34.9 Å². The molecule has 0 spiro atoms. The normalized spacial score (nSPS) is 19.4. The van der Waals surface area contributed by atoms with Crippen LogP contribution in [0.4, 0.5) is 4.79 Å². The van der Waals surface area contributed by atoms with E-state index in [4.69, 9.17) is 4.74 Å². The van der Waals surface area contributed by atoms with Crippen LogP contribution in [0.15, 0.2) is 41.8 Å². The summed E-state index contributed by atoms with van der Waals surface area (Å²) >= 11 is 0.867. The van der Waals surface area contributed by atoms with Gasteiger partial charge in [0.2, 0.25) is 5.91 Å². The van der Waals surface area contributed by atoms with E-state index in [1.165, 1.54) is 0 Å². The van der Waals surface area contributed by atoms with Crippen LogP contribution < -0.4 is 4.74 Å². The van der Waals surface area contributed by atoms with Crippen molar-refractivity contribution in [1.29, 1.82) is 0 Å².